The first-order valence-electron chi connectivity index (χ1n) is 7.53. The average molecular weight is 358 g/mol. The van der Waals surface area contributed by atoms with Crippen molar-refractivity contribution in [3.05, 3.63) is 58.9 Å². The summed E-state index contributed by atoms with van der Waals surface area (Å²) in [5.41, 5.74) is 1.68. The number of thiazole rings is 1. The summed E-state index contributed by atoms with van der Waals surface area (Å²) >= 11 is 3.29. The summed E-state index contributed by atoms with van der Waals surface area (Å²) in [7, 11) is 1.65. The molecule has 0 saturated carbocycles. The first-order valence-corrected chi connectivity index (χ1v) is 9.74. The molecule has 24 heavy (non-hydrogen) atoms. The highest BCUT2D eigenvalue weighted by atomic mass is 32.2. The van der Waals surface area contributed by atoms with Gasteiger partial charge in [0.2, 0.25) is 0 Å². The monoisotopic (exact) mass is 358 g/mol. The standard InChI is InChI=1S/C18H18N2O2S2/c1-22-14-8-9-15-16(12-14)24-18(20(15)10-11-23-2)19-17(21)13-6-4-3-5-7-13/h3-9,12H,10-11H2,1-2H3. The van der Waals surface area contributed by atoms with Gasteiger partial charge in [0.25, 0.3) is 5.91 Å². The lowest BCUT2D eigenvalue weighted by atomic mass is 10.2. The van der Waals surface area contributed by atoms with Gasteiger partial charge in [-0.25, -0.2) is 0 Å². The largest absolute Gasteiger partial charge is 0.497 e. The predicted molar refractivity (Wildman–Crippen MR) is 101 cm³/mol. The van der Waals surface area contributed by atoms with E-state index in [9.17, 15) is 4.79 Å². The number of hydrogen-bond donors (Lipinski definition) is 0. The highest BCUT2D eigenvalue weighted by Crippen LogP contribution is 2.23. The Morgan fingerprint density at radius 1 is 1.25 bits per heavy atom. The summed E-state index contributed by atoms with van der Waals surface area (Å²) in [6.07, 6.45) is 2.07. The number of thioether (sulfide) groups is 1. The van der Waals surface area contributed by atoms with Crippen LogP contribution in [0.3, 0.4) is 0 Å². The van der Waals surface area contributed by atoms with Crippen molar-refractivity contribution in [1.29, 1.82) is 0 Å². The summed E-state index contributed by atoms with van der Waals surface area (Å²) in [5, 5.41) is 0. The van der Waals surface area contributed by atoms with Gasteiger partial charge in [0.15, 0.2) is 4.80 Å². The lowest BCUT2D eigenvalue weighted by Crippen LogP contribution is -2.18. The second-order valence-corrected chi connectivity index (χ2v) is 7.14. The van der Waals surface area contributed by atoms with E-state index >= 15 is 0 Å². The molecule has 1 heterocycles. The normalized spacial score (nSPS) is 11.8. The van der Waals surface area contributed by atoms with E-state index in [2.05, 4.69) is 15.8 Å². The molecule has 3 rings (SSSR count). The number of carbonyl (C=O) groups excluding carboxylic acids is 1. The van der Waals surface area contributed by atoms with E-state index in [4.69, 9.17) is 4.74 Å². The second-order valence-electron chi connectivity index (χ2n) is 5.15. The molecular weight excluding hydrogens is 340 g/mol. The summed E-state index contributed by atoms with van der Waals surface area (Å²) in [4.78, 5) is 17.5. The van der Waals surface area contributed by atoms with Gasteiger partial charge in [-0.15, -0.1) is 0 Å². The lowest BCUT2D eigenvalue weighted by Gasteiger charge is -2.04. The number of hydrogen-bond acceptors (Lipinski definition) is 4. The maximum absolute atomic E-state index is 12.4. The fraction of sp³-hybridized carbons (Fsp3) is 0.222. The fourth-order valence-electron chi connectivity index (χ4n) is 2.40. The number of carbonyl (C=O) groups is 1. The molecule has 0 aliphatic rings. The zero-order chi connectivity index (χ0) is 16.9. The summed E-state index contributed by atoms with van der Waals surface area (Å²) < 4.78 is 8.47. The number of fused-ring (bicyclic) bond motifs is 1. The van der Waals surface area contributed by atoms with Gasteiger partial charge in [-0.3, -0.25) is 4.79 Å². The van der Waals surface area contributed by atoms with Crippen molar-refractivity contribution in [2.24, 2.45) is 4.99 Å². The molecule has 3 aromatic rings. The fourth-order valence-corrected chi connectivity index (χ4v) is 3.84. The molecule has 0 N–H and O–H groups in total. The molecule has 1 aromatic heterocycles. The highest BCUT2D eigenvalue weighted by Gasteiger charge is 2.10. The topological polar surface area (TPSA) is 43.6 Å². The van der Waals surface area contributed by atoms with Crippen LogP contribution in [0, 0.1) is 0 Å². The van der Waals surface area contributed by atoms with Crippen LogP contribution >= 0.6 is 23.1 Å². The van der Waals surface area contributed by atoms with Gasteiger partial charge >= 0.3 is 0 Å². The van der Waals surface area contributed by atoms with E-state index in [1.165, 1.54) is 11.3 Å². The van der Waals surface area contributed by atoms with Crippen LogP contribution in [-0.4, -0.2) is 29.6 Å². The molecule has 0 saturated heterocycles. The third-order valence-electron chi connectivity index (χ3n) is 3.63. The predicted octanol–water partition coefficient (Wildman–Crippen LogP) is 3.82. The van der Waals surface area contributed by atoms with Gasteiger partial charge in [-0.2, -0.15) is 16.8 Å². The van der Waals surface area contributed by atoms with Crippen molar-refractivity contribution < 1.29 is 9.53 Å². The lowest BCUT2D eigenvalue weighted by molar-refractivity contribution is 0.0998. The molecule has 6 heteroatoms. The maximum atomic E-state index is 12.4. The Balaban J connectivity index is 2.11. The third kappa shape index (κ3) is 3.55. The van der Waals surface area contributed by atoms with Gasteiger partial charge in [0.05, 0.1) is 17.3 Å². The third-order valence-corrected chi connectivity index (χ3v) is 5.26. The van der Waals surface area contributed by atoms with E-state index in [-0.39, 0.29) is 5.91 Å². The van der Waals surface area contributed by atoms with E-state index in [0.717, 1.165) is 33.1 Å². The Kier molecular flexibility index (Phi) is 5.37. The molecule has 4 nitrogen and oxygen atoms in total. The molecule has 0 aliphatic carbocycles. The van der Waals surface area contributed by atoms with Crippen LogP contribution in [0.4, 0.5) is 0 Å². The van der Waals surface area contributed by atoms with Crippen molar-refractivity contribution >= 4 is 39.2 Å². The molecule has 0 unspecified atom stereocenters. The Labute approximate surface area is 148 Å². The molecule has 0 spiro atoms. The van der Waals surface area contributed by atoms with Crippen LogP contribution in [0.15, 0.2) is 53.5 Å². The first kappa shape index (κ1) is 16.8. The molecule has 0 aliphatic heterocycles. The van der Waals surface area contributed by atoms with Crippen LogP contribution in [0.5, 0.6) is 5.75 Å². The van der Waals surface area contributed by atoms with Crippen LogP contribution in [0.1, 0.15) is 10.4 Å². The van der Waals surface area contributed by atoms with Crippen molar-refractivity contribution in [1.82, 2.24) is 4.57 Å². The molecule has 0 fully saturated rings. The Bertz CT molecular complexity index is 914. The summed E-state index contributed by atoms with van der Waals surface area (Å²) in [5.74, 6) is 1.55. The van der Waals surface area contributed by atoms with Crippen LogP contribution in [-0.2, 0) is 6.54 Å². The highest BCUT2D eigenvalue weighted by molar-refractivity contribution is 7.98. The smallest absolute Gasteiger partial charge is 0.279 e. The minimum atomic E-state index is -0.216. The van der Waals surface area contributed by atoms with E-state index in [0.29, 0.717) is 5.56 Å². The van der Waals surface area contributed by atoms with E-state index in [1.807, 2.05) is 36.4 Å². The van der Waals surface area contributed by atoms with Crippen molar-refractivity contribution in [2.45, 2.75) is 6.54 Å². The number of rotatable bonds is 5. The molecule has 0 atom stereocenters. The van der Waals surface area contributed by atoms with Gasteiger partial charge in [0.1, 0.15) is 5.75 Å². The number of benzene rings is 2. The number of aromatic nitrogens is 1. The summed E-state index contributed by atoms with van der Waals surface area (Å²) in [6.45, 7) is 0.814. The zero-order valence-corrected chi connectivity index (χ0v) is 15.2. The van der Waals surface area contributed by atoms with E-state index < -0.39 is 0 Å². The molecular formula is C18H18N2O2S2. The van der Waals surface area contributed by atoms with Gasteiger partial charge in [-0.05, 0) is 36.6 Å². The molecule has 2 aromatic carbocycles. The van der Waals surface area contributed by atoms with Crippen LogP contribution < -0.4 is 9.54 Å². The SMILES string of the molecule is COc1ccc2c(c1)sc(=NC(=O)c1ccccc1)n2CCSC. The van der Waals surface area contributed by atoms with Gasteiger partial charge in [0, 0.05) is 17.9 Å². The van der Waals surface area contributed by atoms with E-state index in [1.54, 1.807) is 31.0 Å². The molecule has 0 bridgehead atoms. The minimum absolute atomic E-state index is 0.216. The number of amides is 1. The molecule has 0 radical (unpaired) electrons. The van der Waals surface area contributed by atoms with Crippen molar-refractivity contribution in [2.75, 3.05) is 19.1 Å². The van der Waals surface area contributed by atoms with Crippen molar-refractivity contribution in [3.8, 4) is 5.75 Å². The van der Waals surface area contributed by atoms with Gasteiger partial charge in [-0.1, -0.05) is 29.5 Å². The number of ether oxygens (including phenoxy) is 1. The maximum Gasteiger partial charge on any atom is 0.279 e. The number of methoxy groups -OCH3 is 1. The Hall–Kier alpha value is -2.05. The minimum Gasteiger partial charge on any atom is -0.497 e. The Morgan fingerprint density at radius 3 is 2.75 bits per heavy atom. The Morgan fingerprint density at radius 2 is 2.04 bits per heavy atom. The number of aryl methyl sites for hydroxylation is 1. The molecule has 124 valence electrons. The van der Waals surface area contributed by atoms with Crippen molar-refractivity contribution in [3.63, 3.8) is 0 Å². The zero-order valence-electron chi connectivity index (χ0n) is 13.6. The quantitative estimate of drug-likeness (QED) is 0.696. The molecule has 1 amide bonds. The second kappa shape index (κ2) is 7.68. The van der Waals surface area contributed by atoms with Gasteiger partial charge < -0.3 is 9.30 Å². The van der Waals surface area contributed by atoms with Crippen LogP contribution in [0.2, 0.25) is 0 Å². The first-order chi connectivity index (χ1) is 11.7. The average Bonchev–Trinajstić information content (AvgIpc) is 2.96. The summed E-state index contributed by atoms with van der Waals surface area (Å²) in [6, 6.07) is 15.1. The number of nitrogens with zero attached hydrogens (tertiary/aromatic N) is 2. The van der Waals surface area contributed by atoms with Crippen LogP contribution in [0.25, 0.3) is 10.2 Å².